The van der Waals surface area contributed by atoms with Gasteiger partial charge in [0.15, 0.2) is 0 Å². The molecule has 0 saturated carbocycles. The van der Waals surface area contributed by atoms with Crippen LogP contribution < -0.4 is 20.8 Å². The molecule has 0 amide bonds. The molecule has 27 heavy (non-hydrogen) atoms. The Hall–Kier alpha value is -4.23. The van der Waals surface area contributed by atoms with Crippen LogP contribution in [0.25, 0.3) is 11.1 Å². The first kappa shape index (κ1) is 17.6. The number of nitrogens with zero attached hydrogens (tertiary/aromatic N) is 2. The second-order valence-corrected chi connectivity index (χ2v) is 5.52. The van der Waals surface area contributed by atoms with Crippen molar-refractivity contribution in [3.05, 3.63) is 70.0 Å². The maximum Gasteiger partial charge on any atom is 0.268 e. The molecule has 0 aliphatic carbocycles. The number of pyridine rings is 1. The lowest BCUT2D eigenvalue weighted by atomic mass is 9.96. The van der Waals surface area contributed by atoms with Gasteiger partial charge in [-0.15, -0.1) is 0 Å². The summed E-state index contributed by atoms with van der Waals surface area (Å²) in [6.45, 7) is 0. The predicted octanol–water partition coefficient (Wildman–Crippen LogP) is 3.17. The van der Waals surface area contributed by atoms with E-state index in [2.05, 4.69) is 4.98 Å². The first-order valence-corrected chi connectivity index (χ1v) is 7.85. The number of H-pyrrole nitrogens is 1. The largest absolute Gasteiger partial charge is 0.497 e. The van der Waals surface area contributed by atoms with Gasteiger partial charge in [0.2, 0.25) is 0 Å². The van der Waals surface area contributed by atoms with E-state index in [1.165, 1.54) is 0 Å². The lowest BCUT2D eigenvalue weighted by Crippen LogP contribution is -2.16. The second-order valence-electron chi connectivity index (χ2n) is 5.52. The smallest absolute Gasteiger partial charge is 0.268 e. The number of benzene rings is 2. The van der Waals surface area contributed by atoms with Crippen molar-refractivity contribution in [2.24, 2.45) is 0 Å². The van der Waals surface area contributed by atoms with E-state index in [-0.39, 0.29) is 22.5 Å². The van der Waals surface area contributed by atoms with E-state index in [1.54, 1.807) is 55.6 Å². The molecule has 3 rings (SSSR count). The van der Waals surface area contributed by atoms with Crippen molar-refractivity contribution in [1.29, 1.82) is 10.5 Å². The molecule has 0 aliphatic rings. The van der Waals surface area contributed by atoms with Crippen LogP contribution in [0.1, 0.15) is 11.1 Å². The van der Waals surface area contributed by atoms with Gasteiger partial charge in [-0.3, -0.25) is 4.79 Å². The van der Waals surface area contributed by atoms with Crippen LogP contribution in [0.4, 0.5) is 5.82 Å². The van der Waals surface area contributed by atoms with Crippen LogP contribution in [0.5, 0.6) is 17.2 Å². The summed E-state index contributed by atoms with van der Waals surface area (Å²) < 4.78 is 10.9. The van der Waals surface area contributed by atoms with Crippen molar-refractivity contribution in [2.75, 3.05) is 12.8 Å². The molecule has 0 bridgehead atoms. The van der Waals surface area contributed by atoms with Crippen molar-refractivity contribution < 1.29 is 9.47 Å². The Labute approximate surface area is 154 Å². The highest BCUT2D eigenvalue weighted by Crippen LogP contribution is 2.32. The number of aromatic nitrogens is 1. The number of rotatable bonds is 4. The Kier molecular flexibility index (Phi) is 4.78. The topological polar surface area (TPSA) is 125 Å². The van der Waals surface area contributed by atoms with Crippen molar-refractivity contribution >= 4 is 5.82 Å². The molecule has 7 nitrogen and oxygen atoms in total. The molecule has 3 N–H and O–H groups in total. The monoisotopic (exact) mass is 358 g/mol. The number of anilines is 1. The van der Waals surface area contributed by atoms with Crippen LogP contribution in [0.15, 0.2) is 53.3 Å². The van der Waals surface area contributed by atoms with Gasteiger partial charge in [0.25, 0.3) is 5.56 Å². The summed E-state index contributed by atoms with van der Waals surface area (Å²) in [5.41, 5.74) is 5.62. The van der Waals surface area contributed by atoms with E-state index in [1.807, 2.05) is 12.1 Å². The van der Waals surface area contributed by atoms with Gasteiger partial charge in [-0.05, 0) is 42.0 Å². The highest BCUT2D eigenvalue weighted by atomic mass is 16.5. The zero-order chi connectivity index (χ0) is 19.4. The molecular formula is C20H14N4O3. The maximum atomic E-state index is 12.1. The Morgan fingerprint density at radius 3 is 2.26 bits per heavy atom. The summed E-state index contributed by atoms with van der Waals surface area (Å²) in [4.78, 5) is 14.4. The Bertz CT molecular complexity index is 1140. The first-order chi connectivity index (χ1) is 13.1. The van der Waals surface area contributed by atoms with Crippen molar-refractivity contribution in [1.82, 2.24) is 4.98 Å². The summed E-state index contributed by atoms with van der Waals surface area (Å²) in [6, 6.07) is 17.5. The normalized spacial score (nSPS) is 9.89. The van der Waals surface area contributed by atoms with Gasteiger partial charge in [-0.2, -0.15) is 10.5 Å². The third-order valence-electron chi connectivity index (χ3n) is 3.89. The third kappa shape index (κ3) is 3.44. The Morgan fingerprint density at radius 1 is 0.963 bits per heavy atom. The fourth-order valence-electron chi connectivity index (χ4n) is 2.63. The van der Waals surface area contributed by atoms with Gasteiger partial charge in [0.1, 0.15) is 46.3 Å². The van der Waals surface area contributed by atoms with Crippen LogP contribution in [0.3, 0.4) is 0 Å². The average molecular weight is 358 g/mol. The van der Waals surface area contributed by atoms with Crippen LogP contribution >= 0.6 is 0 Å². The van der Waals surface area contributed by atoms with Crippen LogP contribution in [0.2, 0.25) is 0 Å². The van der Waals surface area contributed by atoms with Gasteiger partial charge in [0.05, 0.1) is 7.11 Å². The van der Waals surface area contributed by atoms with Gasteiger partial charge in [-0.25, -0.2) is 0 Å². The van der Waals surface area contributed by atoms with Gasteiger partial charge in [0, 0.05) is 5.56 Å². The number of aromatic amines is 1. The van der Waals surface area contributed by atoms with Gasteiger partial charge >= 0.3 is 0 Å². The number of nitrogens with two attached hydrogens (primary N) is 1. The minimum Gasteiger partial charge on any atom is -0.497 e. The molecule has 0 fully saturated rings. The summed E-state index contributed by atoms with van der Waals surface area (Å²) in [5.74, 6) is 1.68. The molecule has 1 aromatic heterocycles. The van der Waals surface area contributed by atoms with Crippen LogP contribution in [-0.2, 0) is 0 Å². The van der Waals surface area contributed by atoms with Crippen LogP contribution in [0, 0.1) is 22.7 Å². The number of nitrogen functional groups attached to an aromatic ring is 1. The lowest BCUT2D eigenvalue weighted by molar-refractivity contribution is 0.413. The fourth-order valence-corrected chi connectivity index (χ4v) is 2.63. The summed E-state index contributed by atoms with van der Waals surface area (Å²) in [7, 11) is 1.58. The minimum absolute atomic E-state index is 0.0350. The maximum absolute atomic E-state index is 12.1. The molecule has 0 spiro atoms. The number of hydrogen-bond donors (Lipinski definition) is 2. The SMILES string of the molecule is COc1ccc(Oc2cccc(-c3c(C#N)c(N)[nH]c(=O)c3C#N)c2)cc1. The van der Waals surface area contributed by atoms with Crippen molar-refractivity contribution in [3.8, 4) is 40.5 Å². The Balaban J connectivity index is 2.07. The van der Waals surface area contributed by atoms with E-state index < -0.39 is 5.56 Å². The Morgan fingerprint density at radius 2 is 1.63 bits per heavy atom. The van der Waals surface area contributed by atoms with E-state index in [4.69, 9.17) is 15.2 Å². The summed E-state index contributed by atoms with van der Waals surface area (Å²) >= 11 is 0. The van der Waals surface area contributed by atoms with E-state index >= 15 is 0 Å². The molecule has 1 heterocycles. The summed E-state index contributed by atoms with van der Waals surface area (Å²) in [6.07, 6.45) is 0. The molecule has 3 aromatic rings. The van der Waals surface area contributed by atoms with Crippen molar-refractivity contribution in [2.45, 2.75) is 0 Å². The highest BCUT2D eigenvalue weighted by Gasteiger charge is 2.18. The fraction of sp³-hybridized carbons (Fsp3) is 0.0500. The zero-order valence-electron chi connectivity index (χ0n) is 14.3. The standard InChI is InChI=1S/C20H14N4O3/c1-26-13-5-7-14(8-6-13)27-15-4-2-3-12(9-15)18-16(10-21)19(23)24-20(25)17(18)11-22/h2-9H,1H3,(H3,23,24,25). The highest BCUT2D eigenvalue weighted by molar-refractivity contribution is 5.80. The number of nitrogens with one attached hydrogen (secondary N) is 1. The predicted molar refractivity (Wildman–Crippen MR) is 99.4 cm³/mol. The molecule has 7 heteroatoms. The van der Waals surface area contributed by atoms with Crippen LogP contribution in [-0.4, -0.2) is 12.1 Å². The molecule has 0 aliphatic heterocycles. The second kappa shape index (κ2) is 7.34. The minimum atomic E-state index is -0.648. The average Bonchev–Trinajstić information content (AvgIpc) is 2.68. The molecule has 0 unspecified atom stereocenters. The van der Waals surface area contributed by atoms with Crippen molar-refractivity contribution in [3.63, 3.8) is 0 Å². The van der Waals surface area contributed by atoms with Gasteiger partial charge in [-0.1, -0.05) is 12.1 Å². The third-order valence-corrected chi connectivity index (χ3v) is 3.89. The molecule has 0 saturated heterocycles. The van der Waals surface area contributed by atoms with E-state index in [0.717, 1.165) is 0 Å². The quantitative estimate of drug-likeness (QED) is 0.738. The number of nitriles is 2. The number of hydrogen-bond acceptors (Lipinski definition) is 6. The van der Waals surface area contributed by atoms with E-state index in [9.17, 15) is 15.3 Å². The molecule has 0 radical (unpaired) electrons. The zero-order valence-corrected chi connectivity index (χ0v) is 14.3. The number of methoxy groups -OCH3 is 1. The van der Waals surface area contributed by atoms with Gasteiger partial charge < -0.3 is 20.2 Å². The summed E-state index contributed by atoms with van der Waals surface area (Å²) in [5, 5.41) is 18.8. The molecule has 0 atom stereocenters. The molecular weight excluding hydrogens is 344 g/mol. The van der Waals surface area contributed by atoms with E-state index in [0.29, 0.717) is 22.8 Å². The number of ether oxygens (including phenoxy) is 2. The lowest BCUT2D eigenvalue weighted by Gasteiger charge is -2.11. The molecule has 2 aromatic carbocycles. The first-order valence-electron chi connectivity index (χ1n) is 7.85. The molecule has 132 valence electrons.